The lowest BCUT2D eigenvalue weighted by Crippen LogP contribution is -2.20. The number of fused-ring (bicyclic) bond motifs is 1. The number of amides is 1. The third-order valence-electron chi connectivity index (χ3n) is 3.81. The van der Waals surface area contributed by atoms with Gasteiger partial charge in [-0.05, 0) is 36.4 Å². The summed E-state index contributed by atoms with van der Waals surface area (Å²) < 4.78 is 16.1. The molecule has 2 aromatic carbocycles. The van der Waals surface area contributed by atoms with Gasteiger partial charge >= 0.3 is 0 Å². The molecule has 1 amide bonds. The first-order chi connectivity index (χ1) is 13.3. The molecule has 1 aliphatic heterocycles. The predicted molar refractivity (Wildman–Crippen MR) is 101 cm³/mol. The molecule has 7 nitrogen and oxygen atoms in total. The third-order valence-corrected chi connectivity index (χ3v) is 3.81. The van der Waals surface area contributed by atoms with Crippen molar-refractivity contribution in [3.63, 3.8) is 0 Å². The summed E-state index contributed by atoms with van der Waals surface area (Å²) in [4.78, 5) is 16.3. The molecular weight excluding hydrogens is 346 g/mol. The number of rotatable bonds is 6. The zero-order chi connectivity index (χ0) is 18.5. The molecule has 0 aliphatic carbocycles. The quantitative estimate of drug-likeness (QED) is 0.697. The van der Waals surface area contributed by atoms with E-state index in [2.05, 4.69) is 15.6 Å². The van der Waals surface area contributed by atoms with Crippen molar-refractivity contribution in [2.24, 2.45) is 0 Å². The summed E-state index contributed by atoms with van der Waals surface area (Å²) in [6.07, 6.45) is 1.58. The number of benzene rings is 2. The van der Waals surface area contributed by atoms with Crippen LogP contribution in [0.5, 0.6) is 17.2 Å². The molecule has 0 atom stereocenters. The molecule has 7 heteroatoms. The number of carbonyl (C=O) groups excluding carboxylic acids is 1. The van der Waals surface area contributed by atoms with E-state index in [-0.39, 0.29) is 19.3 Å². The van der Waals surface area contributed by atoms with Crippen LogP contribution < -0.4 is 24.8 Å². The van der Waals surface area contributed by atoms with Crippen LogP contribution in [-0.4, -0.2) is 24.3 Å². The molecule has 0 unspecified atom stereocenters. The number of ether oxygens (including phenoxy) is 3. The molecule has 2 N–H and O–H groups in total. The number of hydrogen-bond acceptors (Lipinski definition) is 6. The smallest absolute Gasteiger partial charge is 0.262 e. The Morgan fingerprint density at radius 2 is 1.81 bits per heavy atom. The van der Waals surface area contributed by atoms with Gasteiger partial charge in [0.1, 0.15) is 11.6 Å². The van der Waals surface area contributed by atoms with Crippen LogP contribution in [0, 0.1) is 0 Å². The van der Waals surface area contributed by atoms with E-state index in [0.717, 1.165) is 11.4 Å². The average Bonchev–Trinajstić information content (AvgIpc) is 3.17. The van der Waals surface area contributed by atoms with Crippen molar-refractivity contribution in [2.75, 3.05) is 24.0 Å². The molecular formula is C20H17N3O4. The standard InChI is InChI=1S/C20H17N3O4/c24-20(12-25-16-4-2-1-3-5-16)23-15-7-9-19(21-11-15)22-14-6-8-17-18(10-14)27-13-26-17/h1-11H,12-13H2,(H,21,22)(H,23,24). The zero-order valence-electron chi connectivity index (χ0n) is 14.3. The molecule has 2 heterocycles. The van der Waals surface area contributed by atoms with Crippen molar-refractivity contribution in [1.29, 1.82) is 0 Å². The van der Waals surface area contributed by atoms with Crippen LogP contribution in [0.2, 0.25) is 0 Å². The number of para-hydroxylation sites is 1. The van der Waals surface area contributed by atoms with Gasteiger partial charge in [0.2, 0.25) is 6.79 Å². The normalized spacial score (nSPS) is 11.7. The number of carbonyl (C=O) groups is 1. The first-order valence-corrected chi connectivity index (χ1v) is 8.37. The largest absolute Gasteiger partial charge is 0.484 e. The van der Waals surface area contributed by atoms with Gasteiger partial charge in [0.15, 0.2) is 18.1 Å². The molecule has 0 saturated heterocycles. The van der Waals surface area contributed by atoms with E-state index in [1.54, 1.807) is 30.5 Å². The van der Waals surface area contributed by atoms with Crippen LogP contribution >= 0.6 is 0 Å². The highest BCUT2D eigenvalue weighted by atomic mass is 16.7. The molecule has 1 aliphatic rings. The second-order valence-electron chi connectivity index (χ2n) is 5.78. The van der Waals surface area contributed by atoms with E-state index in [9.17, 15) is 4.79 Å². The summed E-state index contributed by atoms with van der Waals surface area (Å²) >= 11 is 0. The van der Waals surface area contributed by atoms with Crippen LogP contribution in [0.25, 0.3) is 0 Å². The molecule has 27 heavy (non-hydrogen) atoms. The molecule has 3 aromatic rings. The van der Waals surface area contributed by atoms with Gasteiger partial charge in [-0.3, -0.25) is 4.79 Å². The van der Waals surface area contributed by atoms with E-state index in [1.807, 2.05) is 36.4 Å². The monoisotopic (exact) mass is 363 g/mol. The number of aromatic nitrogens is 1. The maximum atomic E-state index is 12.0. The van der Waals surface area contributed by atoms with Crippen LogP contribution in [0.1, 0.15) is 0 Å². The van der Waals surface area contributed by atoms with Gasteiger partial charge < -0.3 is 24.8 Å². The Morgan fingerprint density at radius 1 is 1.00 bits per heavy atom. The van der Waals surface area contributed by atoms with Crippen molar-refractivity contribution in [1.82, 2.24) is 4.98 Å². The molecule has 4 rings (SSSR count). The van der Waals surface area contributed by atoms with Crippen molar-refractivity contribution in [3.05, 3.63) is 66.9 Å². The van der Waals surface area contributed by atoms with Gasteiger partial charge in [-0.1, -0.05) is 18.2 Å². The van der Waals surface area contributed by atoms with Crippen LogP contribution in [0.3, 0.4) is 0 Å². The molecule has 0 fully saturated rings. The number of pyridine rings is 1. The maximum absolute atomic E-state index is 12.0. The maximum Gasteiger partial charge on any atom is 0.262 e. The summed E-state index contributed by atoms with van der Waals surface area (Å²) in [5, 5.41) is 5.92. The Morgan fingerprint density at radius 3 is 2.63 bits per heavy atom. The third kappa shape index (κ3) is 4.27. The Bertz CT molecular complexity index is 930. The Kier molecular flexibility index (Phi) is 4.74. The first-order valence-electron chi connectivity index (χ1n) is 8.37. The highest BCUT2D eigenvalue weighted by Crippen LogP contribution is 2.34. The van der Waals surface area contributed by atoms with Gasteiger partial charge in [-0.15, -0.1) is 0 Å². The number of hydrogen-bond donors (Lipinski definition) is 2. The SMILES string of the molecule is O=C(COc1ccccc1)Nc1ccc(Nc2ccc3c(c2)OCO3)nc1. The lowest BCUT2D eigenvalue weighted by molar-refractivity contribution is -0.118. The lowest BCUT2D eigenvalue weighted by Gasteiger charge is -2.09. The number of nitrogens with zero attached hydrogens (tertiary/aromatic N) is 1. The van der Waals surface area contributed by atoms with Crippen LogP contribution in [0.15, 0.2) is 66.9 Å². The number of anilines is 3. The predicted octanol–water partition coefficient (Wildman–Crippen LogP) is 3.57. The van der Waals surface area contributed by atoms with Crippen molar-refractivity contribution in [3.8, 4) is 17.2 Å². The van der Waals surface area contributed by atoms with Gasteiger partial charge in [-0.2, -0.15) is 0 Å². The summed E-state index contributed by atoms with van der Waals surface area (Å²) in [6.45, 7) is 0.167. The summed E-state index contributed by atoms with van der Waals surface area (Å²) in [6, 6.07) is 18.3. The van der Waals surface area contributed by atoms with Gasteiger partial charge in [0.25, 0.3) is 5.91 Å². The minimum atomic E-state index is -0.253. The number of nitrogens with one attached hydrogen (secondary N) is 2. The van der Waals surface area contributed by atoms with Crippen LogP contribution in [0.4, 0.5) is 17.2 Å². The van der Waals surface area contributed by atoms with E-state index >= 15 is 0 Å². The van der Waals surface area contributed by atoms with Crippen molar-refractivity contribution in [2.45, 2.75) is 0 Å². The van der Waals surface area contributed by atoms with Gasteiger partial charge in [-0.25, -0.2) is 4.98 Å². The Balaban J connectivity index is 1.31. The summed E-state index contributed by atoms with van der Waals surface area (Å²) in [7, 11) is 0. The molecule has 1 aromatic heterocycles. The zero-order valence-corrected chi connectivity index (χ0v) is 14.3. The molecule has 0 radical (unpaired) electrons. The molecule has 0 spiro atoms. The van der Waals surface area contributed by atoms with Gasteiger partial charge in [0, 0.05) is 11.8 Å². The fraction of sp³-hybridized carbons (Fsp3) is 0.100. The first kappa shape index (κ1) is 16.7. The minimum Gasteiger partial charge on any atom is -0.484 e. The fourth-order valence-electron chi connectivity index (χ4n) is 2.53. The highest BCUT2D eigenvalue weighted by Gasteiger charge is 2.13. The second-order valence-corrected chi connectivity index (χ2v) is 5.78. The van der Waals surface area contributed by atoms with E-state index in [0.29, 0.717) is 23.0 Å². The average molecular weight is 363 g/mol. The van der Waals surface area contributed by atoms with Crippen molar-refractivity contribution < 1.29 is 19.0 Å². The second kappa shape index (κ2) is 7.65. The topological polar surface area (TPSA) is 81.7 Å². The van der Waals surface area contributed by atoms with Crippen molar-refractivity contribution >= 4 is 23.1 Å². The fourth-order valence-corrected chi connectivity index (χ4v) is 2.53. The summed E-state index contributed by atoms with van der Waals surface area (Å²) in [5.74, 6) is 2.46. The van der Waals surface area contributed by atoms with Gasteiger partial charge in [0.05, 0.1) is 11.9 Å². The molecule has 0 saturated carbocycles. The van der Waals surface area contributed by atoms with E-state index in [1.165, 1.54) is 0 Å². The van der Waals surface area contributed by atoms with E-state index in [4.69, 9.17) is 14.2 Å². The molecule has 0 bridgehead atoms. The summed E-state index contributed by atoms with van der Waals surface area (Å²) in [5.41, 5.74) is 1.42. The Hall–Kier alpha value is -3.74. The minimum absolute atomic E-state index is 0.0682. The lowest BCUT2D eigenvalue weighted by atomic mass is 10.2. The van der Waals surface area contributed by atoms with Crippen LogP contribution in [-0.2, 0) is 4.79 Å². The Labute approximate surface area is 155 Å². The highest BCUT2D eigenvalue weighted by molar-refractivity contribution is 5.91. The van der Waals surface area contributed by atoms with E-state index < -0.39 is 0 Å². The molecule has 136 valence electrons.